The van der Waals surface area contributed by atoms with E-state index in [1.54, 1.807) is 6.08 Å². The molecule has 0 bridgehead atoms. The summed E-state index contributed by atoms with van der Waals surface area (Å²) >= 11 is 0. The molecule has 0 aromatic carbocycles. The fraction of sp³-hybridized carbons (Fsp3) is 0.719. The fourth-order valence-electron chi connectivity index (χ4n) is 7.50. The van der Waals surface area contributed by atoms with E-state index in [-0.39, 0.29) is 24.9 Å². The van der Waals surface area contributed by atoms with Crippen LogP contribution in [0.5, 0.6) is 0 Å². The summed E-state index contributed by atoms with van der Waals surface area (Å²) in [5, 5.41) is 23.7. The summed E-state index contributed by atoms with van der Waals surface area (Å²) in [7, 11) is 0. The number of nitrogens with one attached hydrogen (secondary N) is 1. The first-order valence-electron chi connectivity index (χ1n) is 26.3. The Morgan fingerprint density at radius 1 is 0.508 bits per heavy atom. The number of amides is 1. The highest BCUT2D eigenvalue weighted by Crippen LogP contribution is 2.16. The lowest BCUT2D eigenvalue weighted by Crippen LogP contribution is -2.46. The lowest BCUT2D eigenvalue weighted by molar-refractivity contribution is -0.148. The molecule has 0 aliphatic carbocycles. The van der Waals surface area contributed by atoms with Crippen molar-refractivity contribution in [1.82, 2.24) is 5.32 Å². The number of hydrogen-bond acceptors (Lipinski definition) is 5. The number of carbonyl (C=O) groups excluding carboxylic acids is 2. The van der Waals surface area contributed by atoms with Gasteiger partial charge in [-0.1, -0.05) is 235 Å². The maximum Gasteiger partial charge on any atom is 0.306 e. The van der Waals surface area contributed by atoms with E-state index >= 15 is 0 Å². The Labute approximate surface area is 389 Å². The van der Waals surface area contributed by atoms with Crippen LogP contribution < -0.4 is 5.32 Å². The number of esters is 1. The van der Waals surface area contributed by atoms with Gasteiger partial charge in [0.2, 0.25) is 5.91 Å². The second-order valence-electron chi connectivity index (χ2n) is 17.6. The van der Waals surface area contributed by atoms with Gasteiger partial charge in [-0.25, -0.2) is 0 Å². The summed E-state index contributed by atoms with van der Waals surface area (Å²) in [6.07, 6.45) is 65.3. The van der Waals surface area contributed by atoms with Crippen molar-refractivity contribution in [1.29, 1.82) is 0 Å². The predicted molar refractivity (Wildman–Crippen MR) is 273 cm³/mol. The molecule has 3 atom stereocenters. The van der Waals surface area contributed by atoms with Crippen LogP contribution >= 0.6 is 0 Å². The number of aliphatic hydroxyl groups excluding tert-OH is 2. The standard InChI is InChI=1S/C57H99NO5/c1-4-7-10-13-16-19-22-25-28-29-32-35-38-41-44-47-50-57(62)63-53(48-45-42-39-36-33-30-26-23-20-17-14-11-8-5-2)51-56(61)58-54(52-59)55(60)49-46-43-40-37-34-31-27-24-21-18-15-12-9-6-3/h8,11,17,20,26,28-30,32,35-36,39,45,48,53-55,59-60H,4-7,9-10,12-16,18-19,21-25,27,31,33-34,37-38,40-44,46-47,49-52H2,1-3H3,(H,58,61)/b11-8+,20-17+,29-28+,30-26+,35-32+,39-36+,48-45+. The molecule has 0 rings (SSSR count). The first kappa shape index (κ1) is 60.0. The number of allylic oxidation sites excluding steroid dienone is 13. The summed E-state index contributed by atoms with van der Waals surface area (Å²) in [5.74, 6) is -0.662. The Morgan fingerprint density at radius 2 is 0.921 bits per heavy atom. The van der Waals surface area contributed by atoms with Crippen molar-refractivity contribution in [2.75, 3.05) is 6.61 Å². The van der Waals surface area contributed by atoms with Crippen LogP contribution in [0, 0.1) is 0 Å². The van der Waals surface area contributed by atoms with Crippen molar-refractivity contribution in [3.8, 4) is 0 Å². The van der Waals surface area contributed by atoms with Crippen LogP contribution in [0.2, 0.25) is 0 Å². The zero-order valence-electron chi connectivity index (χ0n) is 41.2. The predicted octanol–water partition coefficient (Wildman–Crippen LogP) is 16.0. The second-order valence-corrected chi connectivity index (χ2v) is 17.6. The molecule has 0 aromatic heterocycles. The number of rotatable bonds is 46. The van der Waals surface area contributed by atoms with Gasteiger partial charge in [-0.3, -0.25) is 9.59 Å². The van der Waals surface area contributed by atoms with Gasteiger partial charge in [0.25, 0.3) is 0 Å². The van der Waals surface area contributed by atoms with Gasteiger partial charge < -0.3 is 20.3 Å². The van der Waals surface area contributed by atoms with Crippen LogP contribution in [-0.4, -0.2) is 46.9 Å². The third kappa shape index (κ3) is 45.4. The van der Waals surface area contributed by atoms with Gasteiger partial charge in [-0.15, -0.1) is 0 Å². The first-order valence-corrected chi connectivity index (χ1v) is 26.3. The van der Waals surface area contributed by atoms with Crippen molar-refractivity contribution < 1.29 is 24.5 Å². The molecule has 0 saturated heterocycles. The monoisotopic (exact) mass is 878 g/mol. The SMILES string of the molecule is CC/C=C/C/C=C/C/C=C/C/C=C/C/C=C/C(CC(=O)NC(CO)C(O)CCCCCCCCCCCCCCCC)OC(=O)CCCCC/C=C/C=C/CCCCCCCCC. The van der Waals surface area contributed by atoms with Crippen LogP contribution in [0.3, 0.4) is 0 Å². The smallest absolute Gasteiger partial charge is 0.306 e. The Hall–Kier alpha value is -2.96. The average molecular weight is 878 g/mol. The molecule has 0 saturated carbocycles. The molecular formula is C57H99NO5. The molecule has 0 heterocycles. The van der Waals surface area contributed by atoms with E-state index in [2.05, 4.69) is 99.0 Å². The van der Waals surface area contributed by atoms with Crippen molar-refractivity contribution in [2.45, 2.75) is 257 Å². The van der Waals surface area contributed by atoms with Crippen LogP contribution in [-0.2, 0) is 14.3 Å². The number of aliphatic hydroxyl groups is 2. The van der Waals surface area contributed by atoms with Gasteiger partial charge in [0.1, 0.15) is 6.10 Å². The van der Waals surface area contributed by atoms with E-state index in [1.165, 1.54) is 116 Å². The molecule has 1 amide bonds. The minimum atomic E-state index is -0.827. The number of unbranched alkanes of at least 4 members (excludes halogenated alkanes) is 23. The van der Waals surface area contributed by atoms with Crippen molar-refractivity contribution in [3.63, 3.8) is 0 Å². The second kappa shape index (κ2) is 50.0. The molecule has 0 radical (unpaired) electrons. The van der Waals surface area contributed by atoms with Gasteiger partial charge in [0, 0.05) is 6.42 Å². The molecule has 6 heteroatoms. The lowest BCUT2D eigenvalue weighted by atomic mass is 10.0. The van der Waals surface area contributed by atoms with Gasteiger partial charge in [-0.2, -0.15) is 0 Å². The summed E-state index contributed by atoms with van der Waals surface area (Å²) in [6.45, 7) is 6.32. The molecule has 0 aliphatic rings. The van der Waals surface area contributed by atoms with E-state index in [4.69, 9.17) is 4.74 Å². The largest absolute Gasteiger partial charge is 0.458 e. The fourth-order valence-corrected chi connectivity index (χ4v) is 7.50. The Morgan fingerprint density at radius 3 is 1.38 bits per heavy atom. The van der Waals surface area contributed by atoms with Gasteiger partial charge in [0.05, 0.1) is 25.2 Å². The van der Waals surface area contributed by atoms with Gasteiger partial charge >= 0.3 is 5.97 Å². The maximum atomic E-state index is 13.2. The molecule has 0 spiro atoms. The number of hydrogen-bond donors (Lipinski definition) is 3. The molecular weight excluding hydrogens is 779 g/mol. The van der Waals surface area contributed by atoms with Gasteiger partial charge in [-0.05, 0) is 76.7 Å². The first-order chi connectivity index (χ1) is 31.0. The molecule has 0 aliphatic heterocycles. The van der Waals surface area contributed by atoms with Crippen LogP contribution in [0.1, 0.15) is 239 Å². The maximum absolute atomic E-state index is 13.2. The Balaban J connectivity index is 4.76. The van der Waals surface area contributed by atoms with E-state index in [1.807, 2.05) is 6.08 Å². The van der Waals surface area contributed by atoms with Gasteiger partial charge in [0.15, 0.2) is 0 Å². The summed E-state index contributed by atoms with van der Waals surface area (Å²) in [4.78, 5) is 26.1. The minimum absolute atomic E-state index is 0.0597. The topological polar surface area (TPSA) is 95.9 Å². The number of ether oxygens (including phenoxy) is 1. The molecule has 0 fully saturated rings. The van der Waals surface area contributed by atoms with Crippen LogP contribution in [0.25, 0.3) is 0 Å². The normalized spacial score (nSPS) is 13.9. The van der Waals surface area contributed by atoms with Crippen molar-refractivity contribution in [3.05, 3.63) is 85.1 Å². The third-order valence-corrected chi connectivity index (χ3v) is 11.5. The van der Waals surface area contributed by atoms with E-state index in [9.17, 15) is 19.8 Å². The summed E-state index contributed by atoms with van der Waals surface area (Å²) in [5.41, 5.74) is 0. The van der Waals surface area contributed by atoms with Crippen molar-refractivity contribution in [2.24, 2.45) is 0 Å². The van der Waals surface area contributed by atoms with Crippen LogP contribution in [0.4, 0.5) is 0 Å². The zero-order chi connectivity index (χ0) is 45.9. The third-order valence-electron chi connectivity index (χ3n) is 11.5. The zero-order valence-corrected chi connectivity index (χ0v) is 41.2. The highest BCUT2D eigenvalue weighted by atomic mass is 16.5. The highest BCUT2D eigenvalue weighted by molar-refractivity contribution is 5.78. The average Bonchev–Trinajstić information content (AvgIpc) is 3.28. The summed E-state index contributed by atoms with van der Waals surface area (Å²) in [6, 6.07) is -0.751. The molecule has 362 valence electrons. The Bertz CT molecular complexity index is 1210. The van der Waals surface area contributed by atoms with Crippen LogP contribution in [0.15, 0.2) is 85.1 Å². The quantitative estimate of drug-likeness (QED) is 0.0245. The highest BCUT2D eigenvalue weighted by Gasteiger charge is 2.23. The minimum Gasteiger partial charge on any atom is -0.458 e. The molecule has 6 nitrogen and oxygen atoms in total. The van der Waals surface area contributed by atoms with E-state index < -0.39 is 18.2 Å². The molecule has 0 aromatic rings. The van der Waals surface area contributed by atoms with E-state index in [0.717, 1.165) is 77.0 Å². The summed E-state index contributed by atoms with van der Waals surface area (Å²) < 4.78 is 5.81. The Kier molecular flexibility index (Phi) is 47.7. The molecule has 3 N–H and O–H groups in total. The van der Waals surface area contributed by atoms with Crippen molar-refractivity contribution >= 4 is 11.9 Å². The molecule has 3 unspecified atom stereocenters. The molecule has 63 heavy (non-hydrogen) atoms. The number of carbonyl (C=O) groups is 2. The lowest BCUT2D eigenvalue weighted by Gasteiger charge is -2.23. The van der Waals surface area contributed by atoms with E-state index in [0.29, 0.717) is 19.3 Å².